The van der Waals surface area contributed by atoms with Crippen molar-refractivity contribution in [1.82, 2.24) is 5.32 Å². The minimum Gasteiger partial charge on any atom is -0.488 e. The molecule has 2 atom stereocenters. The topological polar surface area (TPSA) is 21.3 Å². The minimum atomic E-state index is -0.334. The van der Waals surface area contributed by atoms with Gasteiger partial charge in [-0.1, -0.05) is 47.4 Å². The lowest BCUT2D eigenvalue weighted by molar-refractivity contribution is -0.118. The zero-order valence-electron chi connectivity index (χ0n) is 18.2. The first-order valence-electron chi connectivity index (χ1n) is 11.3. The standard InChI is InChI=1S/C26H30BrClFNO/c1-24-9-17-10-25(2,14-24)16-26(11-17,15-24)30-12-18-8-19(27)6-7-23(18)31-13-20-21(28)4-3-5-22(20)29/h3-8,17,30H,9-16H2,1-2H3. The van der Waals surface area contributed by atoms with Crippen molar-refractivity contribution in [3.05, 3.63) is 62.8 Å². The van der Waals surface area contributed by atoms with Gasteiger partial charge in [0.05, 0.1) is 5.02 Å². The Bertz CT molecular complexity index is 973. The van der Waals surface area contributed by atoms with Crippen LogP contribution in [0.25, 0.3) is 0 Å². The molecule has 0 aromatic heterocycles. The molecule has 31 heavy (non-hydrogen) atoms. The van der Waals surface area contributed by atoms with Crippen molar-refractivity contribution in [3.63, 3.8) is 0 Å². The number of halogens is 3. The van der Waals surface area contributed by atoms with Crippen LogP contribution >= 0.6 is 27.5 Å². The van der Waals surface area contributed by atoms with Gasteiger partial charge in [0, 0.05) is 27.7 Å². The second-order valence-electron chi connectivity index (χ2n) is 11.0. The summed E-state index contributed by atoms with van der Waals surface area (Å²) in [4.78, 5) is 0. The molecule has 2 unspecified atom stereocenters. The summed E-state index contributed by atoms with van der Waals surface area (Å²) in [6.45, 7) is 5.86. The van der Waals surface area contributed by atoms with E-state index >= 15 is 0 Å². The average molecular weight is 507 g/mol. The SMILES string of the molecule is CC12CC3CC(C)(C1)CC(NCc1cc(Br)ccc1OCc1c(F)cccc1Cl)(C3)C2. The van der Waals surface area contributed by atoms with E-state index in [9.17, 15) is 4.39 Å². The van der Waals surface area contributed by atoms with Gasteiger partial charge in [-0.15, -0.1) is 0 Å². The van der Waals surface area contributed by atoms with Crippen molar-refractivity contribution in [2.24, 2.45) is 16.7 Å². The third-order valence-electron chi connectivity index (χ3n) is 7.74. The molecule has 4 aliphatic rings. The van der Waals surface area contributed by atoms with Gasteiger partial charge in [0.1, 0.15) is 18.2 Å². The van der Waals surface area contributed by atoms with Gasteiger partial charge in [-0.3, -0.25) is 0 Å². The summed E-state index contributed by atoms with van der Waals surface area (Å²) in [6, 6.07) is 10.8. The van der Waals surface area contributed by atoms with Crippen LogP contribution in [0.4, 0.5) is 4.39 Å². The van der Waals surface area contributed by atoms with Gasteiger partial charge in [0.2, 0.25) is 0 Å². The molecule has 2 nitrogen and oxygen atoms in total. The Morgan fingerprint density at radius 1 is 1.10 bits per heavy atom. The van der Waals surface area contributed by atoms with Crippen molar-refractivity contribution in [3.8, 4) is 5.75 Å². The van der Waals surface area contributed by atoms with Crippen LogP contribution in [0.1, 0.15) is 63.5 Å². The third-order valence-corrected chi connectivity index (χ3v) is 8.58. The predicted octanol–water partition coefficient (Wildman–Crippen LogP) is 7.66. The zero-order valence-corrected chi connectivity index (χ0v) is 20.6. The summed E-state index contributed by atoms with van der Waals surface area (Å²) >= 11 is 9.79. The summed E-state index contributed by atoms with van der Waals surface area (Å²) in [7, 11) is 0. The second kappa shape index (κ2) is 7.74. The first kappa shape index (κ1) is 21.7. The quantitative estimate of drug-likeness (QED) is 0.434. The Labute approximate surface area is 198 Å². The highest BCUT2D eigenvalue weighted by Gasteiger charge is 2.59. The monoisotopic (exact) mass is 505 g/mol. The first-order valence-corrected chi connectivity index (χ1v) is 12.4. The number of hydrogen-bond donors (Lipinski definition) is 1. The molecule has 6 rings (SSSR count). The molecule has 4 saturated carbocycles. The van der Waals surface area contributed by atoms with Gasteiger partial charge >= 0.3 is 0 Å². The molecular formula is C26H30BrClFNO. The highest BCUT2D eigenvalue weighted by atomic mass is 79.9. The normalized spacial score (nSPS) is 33.6. The van der Waals surface area contributed by atoms with Crippen LogP contribution in [0.2, 0.25) is 5.02 Å². The Hall–Kier alpha value is -1.10. The lowest BCUT2D eigenvalue weighted by Crippen LogP contribution is -2.63. The number of ether oxygens (including phenoxy) is 1. The molecule has 5 heteroatoms. The van der Waals surface area contributed by atoms with Gasteiger partial charge in [0.25, 0.3) is 0 Å². The Kier molecular flexibility index (Phi) is 5.43. The van der Waals surface area contributed by atoms with Crippen molar-refractivity contribution >= 4 is 27.5 Å². The van der Waals surface area contributed by atoms with Crippen LogP contribution in [0, 0.1) is 22.6 Å². The van der Waals surface area contributed by atoms with E-state index in [1.165, 1.54) is 44.6 Å². The van der Waals surface area contributed by atoms with Crippen molar-refractivity contribution in [1.29, 1.82) is 0 Å². The average Bonchev–Trinajstić information content (AvgIpc) is 2.64. The maximum atomic E-state index is 14.2. The molecule has 0 radical (unpaired) electrons. The van der Waals surface area contributed by atoms with E-state index in [0.717, 1.165) is 28.2 Å². The molecule has 4 bridgehead atoms. The second-order valence-corrected chi connectivity index (χ2v) is 12.3. The fourth-order valence-corrected chi connectivity index (χ4v) is 8.20. The first-order chi connectivity index (χ1) is 14.7. The van der Waals surface area contributed by atoms with Crippen molar-refractivity contribution < 1.29 is 9.13 Å². The van der Waals surface area contributed by atoms with Crippen LogP contribution in [0.3, 0.4) is 0 Å². The molecule has 0 heterocycles. The number of hydrogen-bond acceptors (Lipinski definition) is 2. The lowest BCUT2D eigenvalue weighted by Gasteiger charge is -2.65. The van der Waals surface area contributed by atoms with Gasteiger partial charge in [-0.25, -0.2) is 4.39 Å². The molecule has 4 fully saturated rings. The lowest BCUT2D eigenvalue weighted by atomic mass is 9.43. The zero-order chi connectivity index (χ0) is 21.9. The van der Waals surface area contributed by atoms with Crippen molar-refractivity contribution in [2.75, 3.05) is 0 Å². The molecule has 0 amide bonds. The molecular weight excluding hydrogens is 477 g/mol. The molecule has 0 saturated heterocycles. The molecule has 2 aromatic carbocycles. The maximum Gasteiger partial charge on any atom is 0.131 e. The smallest absolute Gasteiger partial charge is 0.131 e. The van der Waals surface area contributed by atoms with Crippen LogP contribution in [0.15, 0.2) is 40.9 Å². The van der Waals surface area contributed by atoms with Gasteiger partial charge < -0.3 is 10.1 Å². The Morgan fingerprint density at radius 3 is 2.52 bits per heavy atom. The van der Waals surface area contributed by atoms with Gasteiger partial charge in [0.15, 0.2) is 0 Å². The fraction of sp³-hybridized carbons (Fsp3) is 0.538. The third kappa shape index (κ3) is 4.28. The summed E-state index contributed by atoms with van der Waals surface area (Å²) in [5, 5.41) is 4.38. The predicted molar refractivity (Wildman–Crippen MR) is 127 cm³/mol. The maximum absolute atomic E-state index is 14.2. The van der Waals surface area contributed by atoms with E-state index < -0.39 is 0 Å². The van der Waals surface area contributed by atoms with Crippen LogP contribution in [-0.4, -0.2) is 5.54 Å². The van der Waals surface area contributed by atoms with E-state index in [0.29, 0.717) is 21.4 Å². The van der Waals surface area contributed by atoms with Crippen LogP contribution in [0.5, 0.6) is 5.75 Å². The Balaban J connectivity index is 1.34. The van der Waals surface area contributed by atoms with Crippen LogP contribution < -0.4 is 10.1 Å². The molecule has 0 spiro atoms. The van der Waals surface area contributed by atoms with Crippen LogP contribution in [-0.2, 0) is 13.2 Å². The summed E-state index contributed by atoms with van der Waals surface area (Å²) in [6.07, 6.45) is 7.96. The van der Waals surface area contributed by atoms with Crippen molar-refractivity contribution in [2.45, 2.75) is 71.1 Å². The molecule has 1 N–H and O–H groups in total. The largest absolute Gasteiger partial charge is 0.488 e. The fourth-order valence-electron chi connectivity index (χ4n) is 7.57. The van der Waals surface area contributed by atoms with Gasteiger partial charge in [-0.05, 0) is 85.6 Å². The number of nitrogens with one attached hydrogen (secondary N) is 1. The molecule has 2 aromatic rings. The van der Waals surface area contributed by atoms with E-state index in [4.69, 9.17) is 16.3 Å². The highest BCUT2D eigenvalue weighted by Crippen LogP contribution is 2.66. The molecule has 166 valence electrons. The van der Waals surface area contributed by atoms with E-state index in [1.54, 1.807) is 12.1 Å². The summed E-state index contributed by atoms with van der Waals surface area (Å²) in [5.41, 5.74) is 2.65. The number of benzene rings is 2. The molecule has 0 aliphatic heterocycles. The van der Waals surface area contributed by atoms with E-state index in [2.05, 4.69) is 41.2 Å². The van der Waals surface area contributed by atoms with Gasteiger partial charge in [-0.2, -0.15) is 0 Å². The van der Waals surface area contributed by atoms with E-state index in [1.807, 2.05) is 12.1 Å². The van der Waals surface area contributed by atoms with E-state index in [-0.39, 0.29) is 18.0 Å². The summed E-state index contributed by atoms with van der Waals surface area (Å²) < 4.78 is 21.3. The summed E-state index contributed by atoms with van der Waals surface area (Å²) in [5.74, 6) is 1.29. The number of rotatable bonds is 6. The minimum absolute atomic E-state index is 0.115. The highest BCUT2D eigenvalue weighted by molar-refractivity contribution is 9.10. The Morgan fingerprint density at radius 2 is 1.84 bits per heavy atom. The molecule has 4 aliphatic carbocycles.